The second kappa shape index (κ2) is 9.09. The maximum absolute atomic E-state index is 13.6. The molecule has 5 nitrogen and oxygen atoms in total. The largest absolute Gasteiger partial charge is 0.598 e. The van der Waals surface area contributed by atoms with Gasteiger partial charge in [-0.1, -0.05) is 0 Å². The third-order valence-electron chi connectivity index (χ3n) is 4.47. The number of halogens is 3. The second-order valence-electron chi connectivity index (χ2n) is 7.70. The summed E-state index contributed by atoms with van der Waals surface area (Å²) < 4.78 is 60.9. The molecule has 0 unspecified atom stereocenters. The van der Waals surface area contributed by atoms with Crippen molar-refractivity contribution < 1.29 is 26.8 Å². The predicted molar refractivity (Wildman–Crippen MR) is 112 cm³/mol. The van der Waals surface area contributed by atoms with Gasteiger partial charge in [0, 0.05) is 40.0 Å². The van der Waals surface area contributed by atoms with Crippen LogP contribution in [0.5, 0.6) is 5.75 Å². The van der Waals surface area contributed by atoms with E-state index >= 15 is 0 Å². The van der Waals surface area contributed by atoms with Crippen molar-refractivity contribution in [3.63, 3.8) is 0 Å². The van der Waals surface area contributed by atoms with Gasteiger partial charge in [-0.3, -0.25) is 4.79 Å². The fourth-order valence-corrected chi connectivity index (χ4v) is 4.22. The van der Waals surface area contributed by atoms with Crippen LogP contribution in [0.25, 0.3) is 0 Å². The van der Waals surface area contributed by atoms with Gasteiger partial charge in [-0.15, -0.1) is 4.72 Å². The Morgan fingerprint density at radius 3 is 2.60 bits per heavy atom. The van der Waals surface area contributed by atoms with Gasteiger partial charge in [0.25, 0.3) is 5.91 Å². The minimum absolute atomic E-state index is 0.00779. The van der Waals surface area contributed by atoms with E-state index in [1.807, 2.05) is 20.8 Å². The highest BCUT2D eigenvalue weighted by molar-refractivity contribution is 7.94. The van der Waals surface area contributed by atoms with E-state index in [9.17, 15) is 22.0 Å². The molecule has 1 amide bonds. The molecule has 10 heteroatoms. The van der Waals surface area contributed by atoms with E-state index in [1.54, 1.807) is 0 Å². The van der Waals surface area contributed by atoms with Gasteiger partial charge >= 0.3 is 0 Å². The molecule has 1 aliphatic rings. The SMILES string of the molecule is CC(C)(C)[S@+]([O-])N[C@H]1CCOc2c(C(=O)Nc3ccc(F)c(F)c3)ccc(SF)c21. The molecule has 3 rings (SSSR count). The first-order chi connectivity index (χ1) is 14.1. The molecule has 30 heavy (non-hydrogen) atoms. The molecular weight excluding hydrogens is 437 g/mol. The Hall–Kier alpha value is -1.88. The minimum Gasteiger partial charge on any atom is -0.598 e. The molecule has 2 atom stereocenters. The van der Waals surface area contributed by atoms with Crippen molar-refractivity contribution in [2.75, 3.05) is 11.9 Å². The van der Waals surface area contributed by atoms with Gasteiger partial charge in [-0.25, -0.2) is 8.78 Å². The van der Waals surface area contributed by atoms with Gasteiger partial charge in [0.15, 0.2) is 11.6 Å². The third kappa shape index (κ3) is 4.88. The maximum atomic E-state index is 13.6. The maximum Gasteiger partial charge on any atom is 0.259 e. The fraction of sp³-hybridized carbons (Fsp3) is 0.350. The van der Waals surface area contributed by atoms with Gasteiger partial charge in [-0.2, -0.15) is 3.89 Å². The normalized spacial score (nSPS) is 17.1. The summed E-state index contributed by atoms with van der Waals surface area (Å²) in [4.78, 5) is 13.0. The van der Waals surface area contributed by atoms with E-state index in [2.05, 4.69) is 10.0 Å². The zero-order chi connectivity index (χ0) is 22.1. The molecule has 0 saturated heterocycles. The summed E-state index contributed by atoms with van der Waals surface area (Å²) in [5.41, 5.74) is 0.584. The Balaban J connectivity index is 1.94. The molecule has 0 bridgehead atoms. The number of carbonyl (C=O) groups is 1. The summed E-state index contributed by atoms with van der Waals surface area (Å²) in [5, 5.41) is 2.49. The van der Waals surface area contributed by atoms with Gasteiger partial charge in [-0.05, 0) is 45.0 Å². The molecule has 1 aliphatic heterocycles. The first kappa shape index (κ1) is 22.8. The summed E-state index contributed by atoms with van der Waals surface area (Å²) in [7, 11) is 0. The molecule has 0 aliphatic carbocycles. The van der Waals surface area contributed by atoms with Crippen LogP contribution >= 0.6 is 12.1 Å². The molecule has 0 radical (unpaired) electrons. The number of hydrogen-bond acceptors (Lipinski definition) is 5. The zero-order valence-electron chi connectivity index (χ0n) is 16.6. The number of fused-ring (bicyclic) bond motifs is 1. The Kier molecular flexibility index (Phi) is 6.91. The highest BCUT2D eigenvalue weighted by Crippen LogP contribution is 2.43. The van der Waals surface area contributed by atoms with Crippen LogP contribution in [0.2, 0.25) is 0 Å². The van der Waals surface area contributed by atoms with Crippen LogP contribution in [0.3, 0.4) is 0 Å². The minimum atomic E-state index is -1.42. The number of carbonyl (C=O) groups excluding carboxylic acids is 1. The lowest BCUT2D eigenvalue weighted by molar-refractivity contribution is 0.102. The van der Waals surface area contributed by atoms with Crippen LogP contribution in [-0.4, -0.2) is 21.8 Å². The quantitative estimate of drug-likeness (QED) is 0.612. The van der Waals surface area contributed by atoms with Crippen molar-refractivity contribution in [1.82, 2.24) is 4.72 Å². The van der Waals surface area contributed by atoms with Crippen LogP contribution in [0.4, 0.5) is 18.4 Å². The van der Waals surface area contributed by atoms with Gasteiger partial charge in [0.1, 0.15) is 10.5 Å². The lowest BCUT2D eigenvalue weighted by Gasteiger charge is -2.32. The standard InChI is InChI=1S/C20H21F3N2O3S2/c1-20(2,3)30(27)25-15-8-9-28-18-12(5-7-16(29-23)17(15)18)19(26)24-11-4-6-13(21)14(22)10-11/h4-7,10,15,25H,8-9H2,1-3H3,(H,24,26)/t15-,30-/m0/s1. The predicted octanol–water partition coefficient (Wildman–Crippen LogP) is 5.07. The summed E-state index contributed by atoms with van der Waals surface area (Å²) >= 11 is -1.41. The van der Waals surface area contributed by atoms with Crippen LogP contribution in [0.1, 0.15) is 49.2 Å². The highest BCUT2D eigenvalue weighted by Gasteiger charge is 2.35. The van der Waals surface area contributed by atoms with Crippen LogP contribution in [-0.2, 0) is 11.4 Å². The van der Waals surface area contributed by atoms with Crippen molar-refractivity contribution in [3.05, 3.63) is 53.1 Å². The monoisotopic (exact) mass is 458 g/mol. The molecule has 2 N–H and O–H groups in total. The molecule has 0 aromatic heterocycles. The van der Waals surface area contributed by atoms with E-state index in [0.29, 0.717) is 12.0 Å². The van der Waals surface area contributed by atoms with Crippen LogP contribution in [0, 0.1) is 11.6 Å². The molecule has 162 valence electrons. The van der Waals surface area contributed by atoms with Crippen molar-refractivity contribution in [2.45, 2.75) is 42.9 Å². The molecule has 0 saturated carbocycles. The Morgan fingerprint density at radius 1 is 1.23 bits per heavy atom. The molecule has 2 aromatic rings. The topological polar surface area (TPSA) is 73.4 Å². The van der Waals surface area contributed by atoms with Crippen molar-refractivity contribution in [2.24, 2.45) is 0 Å². The van der Waals surface area contributed by atoms with Gasteiger partial charge in [0.05, 0.1) is 30.4 Å². The average Bonchev–Trinajstić information content (AvgIpc) is 2.69. The third-order valence-corrected chi connectivity index (χ3v) is 6.60. The summed E-state index contributed by atoms with van der Waals surface area (Å²) in [5.74, 6) is -2.57. The van der Waals surface area contributed by atoms with Crippen molar-refractivity contribution in [1.29, 1.82) is 0 Å². The van der Waals surface area contributed by atoms with E-state index in [0.717, 1.165) is 12.1 Å². The van der Waals surface area contributed by atoms with Gasteiger partial charge in [0.2, 0.25) is 0 Å². The molecule has 2 aromatic carbocycles. The number of amides is 1. The second-order valence-corrected chi connectivity index (χ2v) is 10.3. The number of anilines is 1. The smallest absolute Gasteiger partial charge is 0.259 e. The zero-order valence-corrected chi connectivity index (χ0v) is 18.2. The fourth-order valence-electron chi connectivity index (χ4n) is 2.93. The number of hydrogen-bond donors (Lipinski definition) is 2. The average molecular weight is 459 g/mol. The molecule has 0 fully saturated rings. The Morgan fingerprint density at radius 2 is 1.97 bits per heavy atom. The van der Waals surface area contributed by atoms with Crippen molar-refractivity contribution >= 4 is 35.1 Å². The van der Waals surface area contributed by atoms with E-state index in [1.165, 1.54) is 18.2 Å². The summed E-state index contributed by atoms with van der Waals surface area (Å²) in [6, 6.07) is 5.35. The number of nitrogens with one attached hydrogen (secondary N) is 2. The van der Waals surface area contributed by atoms with E-state index in [-0.39, 0.29) is 40.7 Å². The first-order valence-corrected chi connectivity index (χ1v) is 11.0. The molecular formula is C20H21F3N2O3S2. The number of ether oxygens (including phenoxy) is 1. The lowest BCUT2D eigenvalue weighted by Crippen LogP contribution is -2.42. The molecule has 0 spiro atoms. The summed E-state index contributed by atoms with van der Waals surface area (Å²) in [6.07, 6.45) is 0.441. The first-order valence-electron chi connectivity index (χ1n) is 9.14. The highest BCUT2D eigenvalue weighted by atomic mass is 32.2. The van der Waals surface area contributed by atoms with E-state index in [4.69, 9.17) is 4.74 Å². The van der Waals surface area contributed by atoms with E-state index < -0.39 is 39.7 Å². The van der Waals surface area contributed by atoms with Crippen LogP contribution in [0.15, 0.2) is 35.2 Å². The van der Waals surface area contributed by atoms with Crippen LogP contribution < -0.4 is 14.8 Å². The Labute approximate surface area is 180 Å². The number of rotatable bonds is 5. The number of benzene rings is 2. The summed E-state index contributed by atoms with van der Waals surface area (Å²) in [6.45, 7) is 5.67. The lowest BCUT2D eigenvalue weighted by atomic mass is 9.97. The van der Waals surface area contributed by atoms with Crippen molar-refractivity contribution in [3.8, 4) is 5.75 Å². The van der Waals surface area contributed by atoms with Gasteiger partial charge < -0.3 is 14.6 Å². The Bertz CT molecular complexity index is 954. The molecule has 1 heterocycles.